The van der Waals surface area contributed by atoms with Gasteiger partial charge < -0.3 is 10.6 Å². The molecule has 0 aromatic heterocycles. The van der Waals surface area contributed by atoms with Crippen LogP contribution in [0.15, 0.2) is 0 Å². The van der Waals surface area contributed by atoms with Crippen molar-refractivity contribution in [1.82, 2.24) is 9.80 Å². The summed E-state index contributed by atoms with van der Waals surface area (Å²) in [6.45, 7) is 7.94. The summed E-state index contributed by atoms with van der Waals surface area (Å²) < 4.78 is 0. The summed E-state index contributed by atoms with van der Waals surface area (Å²) in [7, 11) is 0. The molecule has 17 heavy (non-hydrogen) atoms. The monoisotopic (exact) mass is 239 g/mol. The molecule has 2 rings (SSSR count). The number of fused-ring (bicyclic) bond motifs is 1. The fourth-order valence-electron chi connectivity index (χ4n) is 2.90. The lowest BCUT2D eigenvalue weighted by atomic mass is 9.98. The highest BCUT2D eigenvalue weighted by Crippen LogP contribution is 2.22. The van der Waals surface area contributed by atoms with E-state index in [1.165, 1.54) is 19.4 Å². The molecular formula is C13H25N3O. The van der Waals surface area contributed by atoms with Crippen LogP contribution < -0.4 is 5.73 Å². The lowest BCUT2D eigenvalue weighted by Gasteiger charge is -2.32. The van der Waals surface area contributed by atoms with E-state index in [2.05, 4.69) is 4.90 Å². The molecule has 0 aliphatic carbocycles. The van der Waals surface area contributed by atoms with Crippen molar-refractivity contribution < 1.29 is 4.79 Å². The van der Waals surface area contributed by atoms with Gasteiger partial charge in [-0.15, -0.1) is 0 Å². The Bertz CT molecular complexity index is 290. The van der Waals surface area contributed by atoms with Gasteiger partial charge in [0.2, 0.25) is 5.91 Å². The van der Waals surface area contributed by atoms with Crippen molar-refractivity contribution in [2.24, 2.45) is 5.73 Å². The predicted octanol–water partition coefficient (Wildman–Crippen LogP) is 0.811. The van der Waals surface area contributed by atoms with Crippen LogP contribution in [0.1, 0.15) is 39.5 Å². The summed E-state index contributed by atoms with van der Waals surface area (Å²) in [5.74, 6) is 0.133. The van der Waals surface area contributed by atoms with E-state index in [4.69, 9.17) is 5.73 Å². The first-order valence-electron chi connectivity index (χ1n) is 6.87. The van der Waals surface area contributed by atoms with Crippen LogP contribution in [0.5, 0.6) is 0 Å². The van der Waals surface area contributed by atoms with Crippen LogP contribution in [0.3, 0.4) is 0 Å². The average Bonchev–Trinajstić information content (AvgIpc) is 2.65. The summed E-state index contributed by atoms with van der Waals surface area (Å²) in [4.78, 5) is 16.9. The van der Waals surface area contributed by atoms with Crippen molar-refractivity contribution in [2.45, 2.75) is 51.1 Å². The Morgan fingerprint density at radius 3 is 2.76 bits per heavy atom. The predicted molar refractivity (Wildman–Crippen MR) is 68.7 cm³/mol. The van der Waals surface area contributed by atoms with E-state index in [0.717, 1.165) is 26.1 Å². The maximum atomic E-state index is 12.4. The molecule has 2 aliphatic heterocycles. The zero-order chi connectivity index (χ0) is 12.5. The third kappa shape index (κ3) is 2.63. The van der Waals surface area contributed by atoms with Crippen molar-refractivity contribution in [3.63, 3.8) is 0 Å². The smallest absolute Gasteiger partial charge is 0.242 e. The molecule has 0 bridgehead atoms. The molecule has 0 aromatic rings. The van der Waals surface area contributed by atoms with Crippen LogP contribution in [0, 0.1) is 0 Å². The highest BCUT2D eigenvalue weighted by molar-refractivity contribution is 5.85. The molecule has 0 saturated carbocycles. The lowest BCUT2D eigenvalue weighted by molar-refractivity contribution is -0.136. The molecule has 2 heterocycles. The standard InChI is InChI=1S/C13H25N3O/c1-3-13(2,14)12(17)16-9-5-8-15-7-4-6-11(15)10-16/h11H,3-10,14H2,1-2H3. The van der Waals surface area contributed by atoms with Gasteiger partial charge in [0.15, 0.2) is 0 Å². The molecule has 2 unspecified atom stereocenters. The maximum Gasteiger partial charge on any atom is 0.242 e. The Labute approximate surface area is 104 Å². The Hall–Kier alpha value is -0.610. The Balaban J connectivity index is 2.03. The maximum absolute atomic E-state index is 12.4. The fourth-order valence-corrected chi connectivity index (χ4v) is 2.90. The largest absolute Gasteiger partial charge is 0.339 e. The Morgan fingerprint density at radius 2 is 2.06 bits per heavy atom. The van der Waals surface area contributed by atoms with Crippen LogP contribution in [0.4, 0.5) is 0 Å². The minimum Gasteiger partial charge on any atom is -0.339 e. The summed E-state index contributed by atoms with van der Waals surface area (Å²) in [6.07, 6.45) is 4.30. The molecule has 98 valence electrons. The summed E-state index contributed by atoms with van der Waals surface area (Å²) >= 11 is 0. The van der Waals surface area contributed by atoms with Crippen molar-refractivity contribution >= 4 is 5.91 Å². The second kappa shape index (κ2) is 4.94. The van der Waals surface area contributed by atoms with E-state index < -0.39 is 5.54 Å². The molecule has 4 nitrogen and oxygen atoms in total. The van der Waals surface area contributed by atoms with Gasteiger partial charge in [-0.05, 0) is 39.2 Å². The van der Waals surface area contributed by atoms with Crippen molar-refractivity contribution in [1.29, 1.82) is 0 Å². The van der Waals surface area contributed by atoms with Crippen molar-refractivity contribution in [2.75, 3.05) is 26.2 Å². The zero-order valence-corrected chi connectivity index (χ0v) is 11.1. The third-order valence-electron chi connectivity index (χ3n) is 4.31. The van der Waals surface area contributed by atoms with Crippen LogP contribution >= 0.6 is 0 Å². The molecule has 4 heteroatoms. The first-order chi connectivity index (χ1) is 8.04. The van der Waals surface area contributed by atoms with E-state index in [-0.39, 0.29) is 5.91 Å². The number of rotatable bonds is 2. The molecule has 2 atom stereocenters. The molecule has 0 aromatic carbocycles. The number of hydrogen-bond acceptors (Lipinski definition) is 3. The van der Waals surface area contributed by atoms with Gasteiger partial charge >= 0.3 is 0 Å². The first-order valence-corrected chi connectivity index (χ1v) is 6.87. The second-order valence-electron chi connectivity index (χ2n) is 5.71. The van der Waals surface area contributed by atoms with Crippen LogP contribution in [-0.2, 0) is 4.79 Å². The van der Waals surface area contributed by atoms with E-state index in [9.17, 15) is 4.79 Å². The number of hydrogen-bond donors (Lipinski definition) is 1. The topological polar surface area (TPSA) is 49.6 Å². The minimum atomic E-state index is -0.687. The molecular weight excluding hydrogens is 214 g/mol. The van der Waals surface area contributed by atoms with Gasteiger partial charge in [-0.1, -0.05) is 6.92 Å². The molecule has 2 fully saturated rings. The van der Waals surface area contributed by atoms with E-state index in [0.29, 0.717) is 12.5 Å². The molecule has 1 amide bonds. The highest BCUT2D eigenvalue weighted by atomic mass is 16.2. The molecule has 0 spiro atoms. The van der Waals surface area contributed by atoms with E-state index in [1.807, 2.05) is 18.7 Å². The average molecular weight is 239 g/mol. The SMILES string of the molecule is CCC(C)(N)C(=O)N1CCCN2CCCC2C1. The van der Waals surface area contributed by atoms with Crippen molar-refractivity contribution in [3.05, 3.63) is 0 Å². The number of nitrogens with two attached hydrogens (primary N) is 1. The molecule has 2 aliphatic rings. The zero-order valence-electron chi connectivity index (χ0n) is 11.1. The summed E-state index contributed by atoms with van der Waals surface area (Å²) in [5, 5.41) is 0. The van der Waals surface area contributed by atoms with Crippen LogP contribution in [0.25, 0.3) is 0 Å². The van der Waals surface area contributed by atoms with Gasteiger partial charge in [0.05, 0.1) is 5.54 Å². The minimum absolute atomic E-state index is 0.133. The summed E-state index contributed by atoms with van der Waals surface area (Å²) in [5.41, 5.74) is 5.39. The summed E-state index contributed by atoms with van der Waals surface area (Å²) in [6, 6.07) is 0.578. The third-order valence-corrected chi connectivity index (χ3v) is 4.31. The van der Waals surface area contributed by atoms with Crippen molar-refractivity contribution in [3.8, 4) is 0 Å². The van der Waals surface area contributed by atoms with Gasteiger partial charge in [-0.3, -0.25) is 9.69 Å². The van der Waals surface area contributed by atoms with E-state index in [1.54, 1.807) is 0 Å². The number of carbonyl (C=O) groups is 1. The Kier molecular flexibility index (Phi) is 3.73. The molecule has 2 N–H and O–H groups in total. The van der Waals surface area contributed by atoms with Gasteiger partial charge in [-0.2, -0.15) is 0 Å². The van der Waals surface area contributed by atoms with E-state index >= 15 is 0 Å². The van der Waals surface area contributed by atoms with Gasteiger partial charge in [0.1, 0.15) is 0 Å². The molecule has 2 saturated heterocycles. The first kappa shape index (κ1) is 12.8. The van der Waals surface area contributed by atoms with Crippen LogP contribution in [0.2, 0.25) is 0 Å². The number of amides is 1. The second-order valence-corrected chi connectivity index (χ2v) is 5.71. The van der Waals surface area contributed by atoms with Gasteiger partial charge in [-0.25, -0.2) is 0 Å². The number of carbonyl (C=O) groups excluding carboxylic acids is 1. The normalized spacial score (nSPS) is 29.6. The van der Waals surface area contributed by atoms with Gasteiger partial charge in [0, 0.05) is 25.7 Å². The van der Waals surface area contributed by atoms with Crippen LogP contribution in [-0.4, -0.2) is 53.5 Å². The number of nitrogens with zero attached hydrogens (tertiary/aromatic N) is 2. The molecule has 0 radical (unpaired) electrons. The Morgan fingerprint density at radius 1 is 1.35 bits per heavy atom. The lowest BCUT2D eigenvalue weighted by Crippen LogP contribution is -2.54. The fraction of sp³-hybridized carbons (Fsp3) is 0.923. The quantitative estimate of drug-likeness (QED) is 0.776. The highest BCUT2D eigenvalue weighted by Gasteiger charge is 2.35. The van der Waals surface area contributed by atoms with Gasteiger partial charge in [0.25, 0.3) is 0 Å².